The number of carbonyl (C=O) groups excluding carboxylic acids is 1. The molecule has 8 heteroatoms. The van der Waals surface area contributed by atoms with Gasteiger partial charge in [-0.25, -0.2) is 0 Å². The first-order valence-electron chi connectivity index (χ1n) is 8.57. The maximum Gasteiger partial charge on any atom is 0.222 e. The molecule has 1 aromatic carbocycles. The highest BCUT2D eigenvalue weighted by Gasteiger charge is 2.25. The zero-order valence-electron chi connectivity index (χ0n) is 15.9. The van der Waals surface area contributed by atoms with Crippen LogP contribution in [-0.2, 0) is 11.3 Å². The van der Waals surface area contributed by atoms with Gasteiger partial charge in [-0.2, -0.15) is 0 Å². The van der Waals surface area contributed by atoms with Crippen molar-refractivity contribution in [3.8, 4) is 11.5 Å². The Balaban J connectivity index is 0.00000338. The van der Waals surface area contributed by atoms with E-state index in [1.54, 1.807) is 21.3 Å². The van der Waals surface area contributed by atoms with E-state index in [2.05, 4.69) is 15.6 Å². The van der Waals surface area contributed by atoms with Gasteiger partial charge < -0.3 is 25.0 Å². The average Bonchev–Trinajstić information content (AvgIpc) is 3.12. The molecule has 2 rings (SSSR count). The lowest BCUT2D eigenvalue weighted by atomic mass is 10.2. The van der Waals surface area contributed by atoms with Gasteiger partial charge >= 0.3 is 0 Å². The highest BCUT2D eigenvalue weighted by atomic mass is 127. The van der Waals surface area contributed by atoms with Crippen molar-refractivity contribution >= 4 is 35.8 Å². The third-order valence-corrected chi connectivity index (χ3v) is 4.35. The predicted molar refractivity (Wildman–Crippen MR) is 114 cm³/mol. The zero-order chi connectivity index (χ0) is 18.2. The molecule has 1 saturated heterocycles. The monoisotopic (exact) mass is 476 g/mol. The molecule has 1 aromatic rings. The molecule has 1 amide bonds. The van der Waals surface area contributed by atoms with Crippen LogP contribution >= 0.6 is 24.0 Å². The van der Waals surface area contributed by atoms with Crippen LogP contribution in [0.3, 0.4) is 0 Å². The zero-order valence-corrected chi connectivity index (χ0v) is 18.2. The molecule has 1 aliphatic rings. The summed E-state index contributed by atoms with van der Waals surface area (Å²) in [5.41, 5.74) is 1.01. The Kier molecular flexibility index (Phi) is 9.53. The van der Waals surface area contributed by atoms with Gasteiger partial charge in [0.05, 0.1) is 14.2 Å². The number of guanidine groups is 1. The van der Waals surface area contributed by atoms with Gasteiger partial charge in [0.15, 0.2) is 5.96 Å². The largest absolute Gasteiger partial charge is 0.497 e. The van der Waals surface area contributed by atoms with Crippen molar-refractivity contribution < 1.29 is 14.3 Å². The fourth-order valence-corrected chi connectivity index (χ4v) is 2.89. The standard InChI is InChI=1S/C18H28N4O3.HI/c1-5-17(23)22-9-8-14(12-22)21-18(19-2)20-11-13-6-7-15(24-3)10-16(13)25-4;/h6-7,10,14H,5,8-9,11-12H2,1-4H3,(H2,19,20,21);1H. The van der Waals surface area contributed by atoms with E-state index in [4.69, 9.17) is 9.47 Å². The number of hydrogen-bond donors (Lipinski definition) is 2. The first-order valence-corrected chi connectivity index (χ1v) is 8.57. The molecule has 26 heavy (non-hydrogen) atoms. The molecule has 1 unspecified atom stereocenters. The number of methoxy groups -OCH3 is 2. The van der Waals surface area contributed by atoms with Gasteiger partial charge in [0.25, 0.3) is 0 Å². The highest BCUT2D eigenvalue weighted by Crippen LogP contribution is 2.24. The van der Waals surface area contributed by atoms with E-state index in [0.29, 0.717) is 18.9 Å². The van der Waals surface area contributed by atoms with Crippen molar-refractivity contribution in [2.24, 2.45) is 4.99 Å². The van der Waals surface area contributed by atoms with Gasteiger partial charge in [-0.15, -0.1) is 24.0 Å². The van der Waals surface area contributed by atoms with Crippen LogP contribution in [-0.4, -0.2) is 57.2 Å². The Bertz CT molecular complexity index is 624. The smallest absolute Gasteiger partial charge is 0.222 e. The Morgan fingerprint density at radius 1 is 1.35 bits per heavy atom. The van der Waals surface area contributed by atoms with E-state index in [0.717, 1.165) is 36.6 Å². The summed E-state index contributed by atoms with van der Waals surface area (Å²) in [5.74, 6) is 2.45. The molecular weight excluding hydrogens is 447 g/mol. The van der Waals surface area contributed by atoms with Gasteiger partial charge in [-0.3, -0.25) is 9.79 Å². The summed E-state index contributed by atoms with van der Waals surface area (Å²) >= 11 is 0. The lowest BCUT2D eigenvalue weighted by Crippen LogP contribution is -2.44. The molecule has 1 heterocycles. The second-order valence-corrected chi connectivity index (χ2v) is 5.93. The summed E-state index contributed by atoms with van der Waals surface area (Å²) in [5, 5.41) is 6.68. The van der Waals surface area contributed by atoms with E-state index < -0.39 is 0 Å². The van der Waals surface area contributed by atoms with Crippen molar-refractivity contribution in [1.29, 1.82) is 0 Å². The van der Waals surface area contributed by atoms with Crippen molar-refractivity contribution in [3.63, 3.8) is 0 Å². The molecule has 1 fully saturated rings. The molecule has 1 aliphatic heterocycles. The Hall–Kier alpha value is -1.71. The number of likely N-dealkylation sites (tertiary alicyclic amines) is 1. The maximum atomic E-state index is 11.8. The third-order valence-electron chi connectivity index (χ3n) is 4.35. The minimum atomic E-state index is 0. The van der Waals surface area contributed by atoms with E-state index in [-0.39, 0.29) is 35.9 Å². The molecule has 7 nitrogen and oxygen atoms in total. The number of carbonyl (C=O) groups is 1. The Labute approximate surface area is 172 Å². The fourth-order valence-electron chi connectivity index (χ4n) is 2.89. The third kappa shape index (κ3) is 5.93. The number of nitrogens with one attached hydrogen (secondary N) is 2. The first-order chi connectivity index (χ1) is 12.1. The fraction of sp³-hybridized carbons (Fsp3) is 0.556. The van der Waals surface area contributed by atoms with Crippen molar-refractivity contribution in [3.05, 3.63) is 23.8 Å². The number of rotatable bonds is 6. The number of ether oxygens (including phenoxy) is 2. The molecule has 0 spiro atoms. The number of benzene rings is 1. The topological polar surface area (TPSA) is 75.2 Å². The average molecular weight is 476 g/mol. The van der Waals surface area contributed by atoms with Crippen molar-refractivity contribution in [1.82, 2.24) is 15.5 Å². The van der Waals surface area contributed by atoms with E-state index in [9.17, 15) is 4.79 Å². The molecule has 0 bridgehead atoms. The number of halogens is 1. The van der Waals surface area contributed by atoms with Crippen LogP contribution in [0.15, 0.2) is 23.2 Å². The quantitative estimate of drug-likeness (QED) is 0.373. The van der Waals surface area contributed by atoms with E-state index in [1.807, 2.05) is 30.0 Å². The first kappa shape index (κ1) is 22.3. The summed E-state index contributed by atoms with van der Waals surface area (Å²) in [6.45, 7) is 4.00. The summed E-state index contributed by atoms with van der Waals surface area (Å²) in [4.78, 5) is 17.9. The molecule has 146 valence electrons. The lowest BCUT2D eigenvalue weighted by molar-refractivity contribution is -0.129. The van der Waals surface area contributed by atoms with Gasteiger partial charge in [-0.05, 0) is 18.6 Å². The second kappa shape index (κ2) is 11.1. The Morgan fingerprint density at radius 3 is 2.73 bits per heavy atom. The SMILES string of the molecule is CCC(=O)N1CCC(NC(=NC)NCc2ccc(OC)cc2OC)C1.I. The molecule has 0 aromatic heterocycles. The van der Waals surface area contributed by atoms with E-state index in [1.165, 1.54) is 0 Å². The van der Waals surface area contributed by atoms with Gasteiger partial charge in [0.2, 0.25) is 5.91 Å². The summed E-state index contributed by atoms with van der Waals surface area (Å²) in [7, 11) is 5.01. The van der Waals surface area contributed by atoms with Gasteiger partial charge in [0, 0.05) is 50.8 Å². The molecular formula is C18H29IN4O3. The molecule has 1 atom stereocenters. The van der Waals surface area contributed by atoms with Crippen LogP contribution in [0, 0.1) is 0 Å². The molecule has 0 saturated carbocycles. The van der Waals surface area contributed by atoms with Crippen molar-refractivity contribution in [2.45, 2.75) is 32.4 Å². The molecule has 0 aliphatic carbocycles. The molecule has 2 N–H and O–H groups in total. The van der Waals surface area contributed by atoms with Crippen LogP contribution in [0.25, 0.3) is 0 Å². The van der Waals surface area contributed by atoms with E-state index >= 15 is 0 Å². The van der Waals surface area contributed by atoms with Gasteiger partial charge in [0.1, 0.15) is 11.5 Å². The summed E-state index contributed by atoms with van der Waals surface area (Å²) in [6, 6.07) is 5.95. The summed E-state index contributed by atoms with van der Waals surface area (Å²) < 4.78 is 10.6. The van der Waals surface area contributed by atoms with Crippen LogP contribution in [0.4, 0.5) is 0 Å². The second-order valence-electron chi connectivity index (χ2n) is 5.93. The molecule has 0 radical (unpaired) electrons. The van der Waals surface area contributed by atoms with Crippen LogP contribution in [0.2, 0.25) is 0 Å². The van der Waals surface area contributed by atoms with Crippen LogP contribution in [0.5, 0.6) is 11.5 Å². The number of aliphatic imine (C=N–C) groups is 1. The lowest BCUT2D eigenvalue weighted by Gasteiger charge is -2.19. The number of amides is 1. The van der Waals surface area contributed by atoms with Gasteiger partial charge in [-0.1, -0.05) is 6.92 Å². The van der Waals surface area contributed by atoms with Crippen molar-refractivity contribution in [2.75, 3.05) is 34.4 Å². The maximum absolute atomic E-state index is 11.8. The highest BCUT2D eigenvalue weighted by molar-refractivity contribution is 14.0. The normalized spacial score (nSPS) is 16.7. The van der Waals surface area contributed by atoms with Crippen LogP contribution < -0.4 is 20.1 Å². The minimum absolute atomic E-state index is 0. The summed E-state index contributed by atoms with van der Waals surface area (Å²) in [6.07, 6.45) is 1.48. The van der Waals surface area contributed by atoms with Crippen LogP contribution in [0.1, 0.15) is 25.3 Å². The Morgan fingerprint density at radius 2 is 2.12 bits per heavy atom. The minimum Gasteiger partial charge on any atom is -0.497 e. The number of hydrogen-bond acceptors (Lipinski definition) is 4. The number of nitrogens with zero attached hydrogens (tertiary/aromatic N) is 2. The predicted octanol–water partition coefficient (Wildman–Crippen LogP) is 2.00.